The number of aromatic nitrogens is 2. The van der Waals surface area contributed by atoms with E-state index < -0.39 is 10.0 Å². The predicted molar refractivity (Wildman–Crippen MR) is 90.5 cm³/mol. The minimum Gasteiger partial charge on any atom is -0.440 e. The Morgan fingerprint density at radius 1 is 1.08 bits per heavy atom. The van der Waals surface area contributed by atoms with Crippen molar-refractivity contribution in [3.63, 3.8) is 0 Å². The number of benzene rings is 1. The third kappa shape index (κ3) is 3.76. The Bertz CT molecular complexity index is 962. The van der Waals surface area contributed by atoms with E-state index in [0.29, 0.717) is 18.1 Å². The fraction of sp³-hybridized carbons (Fsp3) is 0.176. The first kappa shape index (κ1) is 17.3. The molecule has 0 fully saturated rings. The van der Waals surface area contributed by atoms with Crippen molar-refractivity contribution in [1.29, 1.82) is 0 Å². The molecule has 0 atom stereocenters. The molecule has 0 aliphatic heterocycles. The standard InChI is InChI=1S/C17H17N3O4S/c1-12-3-6-14(7-4-12)15-11-18-16(24-15)9-13-5-8-17(19-10-13)25(22,23)20(2)21/h3-8,10-11,21H,9H2,1-2H3. The van der Waals surface area contributed by atoms with Crippen LogP contribution in [0.4, 0.5) is 0 Å². The van der Waals surface area contributed by atoms with Crippen molar-refractivity contribution >= 4 is 10.0 Å². The predicted octanol–water partition coefficient (Wildman–Crippen LogP) is 2.65. The Hall–Kier alpha value is -2.55. The summed E-state index contributed by atoms with van der Waals surface area (Å²) < 4.78 is 29.4. The normalized spacial score (nSPS) is 11.8. The van der Waals surface area contributed by atoms with Crippen molar-refractivity contribution in [1.82, 2.24) is 14.4 Å². The van der Waals surface area contributed by atoms with E-state index in [1.807, 2.05) is 31.2 Å². The SMILES string of the molecule is Cc1ccc(-c2cnc(Cc3ccc(S(=O)(=O)N(C)O)nc3)o2)cc1. The van der Waals surface area contributed by atoms with Gasteiger partial charge in [0.05, 0.1) is 12.6 Å². The zero-order valence-corrected chi connectivity index (χ0v) is 14.6. The van der Waals surface area contributed by atoms with E-state index in [0.717, 1.165) is 23.7 Å². The van der Waals surface area contributed by atoms with Crippen LogP contribution in [0, 0.1) is 6.92 Å². The lowest BCUT2D eigenvalue weighted by Gasteiger charge is -2.08. The Labute approximate surface area is 145 Å². The van der Waals surface area contributed by atoms with Crippen LogP contribution in [0.5, 0.6) is 0 Å². The van der Waals surface area contributed by atoms with Crippen LogP contribution in [0.1, 0.15) is 17.0 Å². The molecule has 8 heteroatoms. The van der Waals surface area contributed by atoms with Gasteiger partial charge in [-0.15, -0.1) is 0 Å². The van der Waals surface area contributed by atoms with Gasteiger partial charge in [-0.2, -0.15) is 0 Å². The highest BCUT2D eigenvalue weighted by Gasteiger charge is 2.20. The first-order valence-electron chi connectivity index (χ1n) is 7.51. The van der Waals surface area contributed by atoms with Crippen LogP contribution in [0.25, 0.3) is 11.3 Å². The summed E-state index contributed by atoms with van der Waals surface area (Å²) in [6.45, 7) is 2.01. The molecule has 25 heavy (non-hydrogen) atoms. The summed E-state index contributed by atoms with van der Waals surface area (Å²) in [6, 6.07) is 10.9. The molecule has 1 N–H and O–H groups in total. The van der Waals surface area contributed by atoms with Gasteiger partial charge in [-0.1, -0.05) is 40.4 Å². The fourth-order valence-corrected chi connectivity index (χ4v) is 2.92. The first-order valence-corrected chi connectivity index (χ1v) is 8.95. The molecule has 0 saturated heterocycles. The topological polar surface area (TPSA) is 96.5 Å². The minimum atomic E-state index is -3.96. The lowest BCUT2D eigenvalue weighted by molar-refractivity contribution is 0.0307. The van der Waals surface area contributed by atoms with E-state index in [1.54, 1.807) is 12.3 Å². The number of nitrogens with zero attached hydrogens (tertiary/aromatic N) is 3. The van der Waals surface area contributed by atoms with Crippen molar-refractivity contribution < 1.29 is 18.0 Å². The molecule has 7 nitrogen and oxygen atoms in total. The van der Waals surface area contributed by atoms with E-state index >= 15 is 0 Å². The molecule has 0 saturated carbocycles. The zero-order valence-electron chi connectivity index (χ0n) is 13.7. The summed E-state index contributed by atoms with van der Waals surface area (Å²) >= 11 is 0. The van der Waals surface area contributed by atoms with Gasteiger partial charge in [0.25, 0.3) is 10.0 Å². The summed E-state index contributed by atoms with van der Waals surface area (Å²) in [5.41, 5.74) is 2.85. The molecular formula is C17H17N3O4S. The molecule has 0 bridgehead atoms. The second-order valence-corrected chi connectivity index (χ2v) is 7.50. The maximum Gasteiger partial charge on any atom is 0.281 e. The van der Waals surface area contributed by atoms with E-state index in [2.05, 4.69) is 9.97 Å². The molecule has 130 valence electrons. The summed E-state index contributed by atoms with van der Waals surface area (Å²) in [7, 11) is -2.93. The Balaban J connectivity index is 1.76. The second kappa shape index (κ2) is 6.75. The van der Waals surface area contributed by atoms with Crippen LogP contribution >= 0.6 is 0 Å². The third-order valence-electron chi connectivity index (χ3n) is 3.65. The van der Waals surface area contributed by atoms with Gasteiger partial charge in [0.15, 0.2) is 16.7 Å². The van der Waals surface area contributed by atoms with Crippen LogP contribution in [0.3, 0.4) is 0 Å². The highest BCUT2D eigenvalue weighted by molar-refractivity contribution is 7.88. The fourth-order valence-electron chi connectivity index (χ4n) is 2.22. The first-order chi connectivity index (χ1) is 11.9. The smallest absolute Gasteiger partial charge is 0.281 e. The largest absolute Gasteiger partial charge is 0.440 e. The van der Waals surface area contributed by atoms with Crippen molar-refractivity contribution in [3.8, 4) is 11.3 Å². The summed E-state index contributed by atoms with van der Waals surface area (Å²) in [6.07, 6.45) is 3.47. The number of hydrogen-bond donors (Lipinski definition) is 1. The van der Waals surface area contributed by atoms with Crippen molar-refractivity contribution in [3.05, 3.63) is 65.8 Å². The number of hydrogen-bond acceptors (Lipinski definition) is 6. The van der Waals surface area contributed by atoms with E-state index in [-0.39, 0.29) is 9.49 Å². The van der Waals surface area contributed by atoms with Crippen LogP contribution in [0.15, 0.2) is 58.2 Å². The van der Waals surface area contributed by atoms with E-state index in [9.17, 15) is 8.42 Å². The lowest BCUT2D eigenvalue weighted by atomic mass is 10.1. The van der Waals surface area contributed by atoms with Crippen LogP contribution < -0.4 is 0 Å². The Morgan fingerprint density at radius 3 is 2.40 bits per heavy atom. The number of aryl methyl sites for hydroxylation is 1. The van der Waals surface area contributed by atoms with E-state index in [1.165, 1.54) is 12.3 Å². The van der Waals surface area contributed by atoms with Crippen molar-refractivity contribution in [2.45, 2.75) is 18.4 Å². The van der Waals surface area contributed by atoms with Gasteiger partial charge in [-0.3, -0.25) is 5.21 Å². The number of rotatable bonds is 5. The molecule has 0 unspecified atom stereocenters. The molecular weight excluding hydrogens is 342 g/mol. The van der Waals surface area contributed by atoms with Crippen molar-refractivity contribution in [2.75, 3.05) is 7.05 Å². The van der Waals surface area contributed by atoms with Gasteiger partial charge in [-0.05, 0) is 18.6 Å². The summed E-state index contributed by atoms with van der Waals surface area (Å²) in [5, 5.41) is 8.92. The molecule has 0 amide bonds. The zero-order chi connectivity index (χ0) is 18.0. The number of sulfonamides is 1. The average molecular weight is 359 g/mol. The number of oxazole rings is 1. The van der Waals surface area contributed by atoms with Crippen LogP contribution in [-0.2, 0) is 16.4 Å². The molecule has 0 radical (unpaired) electrons. The van der Waals surface area contributed by atoms with Crippen molar-refractivity contribution in [2.24, 2.45) is 0 Å². The Kier molecular flexibility index (Phi) is 4.67. The molecule has 2 aromatic heterocycles. The van der Waals surface area contributed by atoms with Gasteiger partial charge in [0, 0.05) is 18.8 Å². The maximum atomic E-state index is 11.8. The molecule has 1 aromatic carbocycles. The van der Waals surface area contributed by atoms with Crippen LogP contribution in [-0.4, -0.2) is 35.1 Å². The van der Waals surface area contributed by atoms with Crippen LogP contribution in [0.2, 0.25) is 0 Å². The Morgan fingerprint density at radius 2 is 1.80 bits per heavy atom. The third-order valence-corrected chi connectivity index (χ3v) is 5.12. The second-order valence-electron chi connectivity index (χ2n) is 5.61. The molecule has 0 spiro atoms. The van der Waals surface area contributed by atoms with E-state index in [4.69, 9.17) is 9.62 Å². The molecule has 0 aliphatic rings. The van der Waals surface area contributed by atoms with Gasteiger partial charge in [0.1, 0.15) is 0 Å². The number of pyridine rings is 1. The maximum absolute atomic E-state index is 11.8. The molecule has 3 rings (SSSR count). The minimum absolute atomic E-state index is 0.136. The number of hydroxylamine groups is 1. The lowest BCUT2D eigenvalue weighted by Crippen LogP contribution is -2.23. The average Bonchev–Trinajstić information content (AvgIpc) is 3.04. The molecule has 2 heterocycles. The summed E-state index contributed by atoms with van der Waals surface area (Å²) in [5.74, 6) is 1.18. The molecule has 3 aromatic rings. The van der Waals surface area contributed by atoms with Gasteiger partial charge >= 0.3 is 0 Å². The highest BCUT2D eigenvalue weighted by Crippen LogP contribution is 2.22. The summed E-state index contributed by atoms with van der Waals surface area (Å²) in [4.78, 5) is 8.13. The highest BCUT2D eigenvalue weighted by atomic mass is 32.2. The monoisotopic (exact) mass is 359 g/mol. The van der Waals surface area contributed by atoms with Gasteiger partial charge in [-0.25, -0.2) is 18.4 Å². The van der Waals surface area contributed by atoms with Gasteiger partial charge < -0.3 is 4.42 Å². The quantitative estimate of drug-likeness (QED) is 0.704. The molecule has 0 aliphatic carbocycles. The van der Waals surface area contributed by atoms with Gasteiger partial charge in [0.2, 0.25) is 0 Å².